The van der Waals surface area contributed by atoms with Crippen LogP contribution in [-0.4, -0.2) is 67.4 Å². The highest BCUT2D eigenvalue weighted by Gasteiger charge is 2.30. The number of rotatable bonds is 4. The van der Waals surface area contributed by atoms with E-state index in [1.54, 1.807) is 23.1 Å². The van der Waals surface area contributed by atoms with Crippen LogP contribution in [0.3, 0.4) is 0 Å². The van der Waals surface area contributed by atoms with Gasteiger partial charge in [-0.2, -0.15) is 0 Å². The minimum Gasteiger partial charge on any atom is -0.351 e. The maximum atomic E-state index is 13.0. The molecule has 2 fully saturated rings. The highest BCUT2D eigenvalue weighted by Crippen LogP contribution is 2.27. The van der Waals surface area contributed by atoms with E-state index >= 15 is 0 Å². The molecule has 2 N–H and O–H groups in total. The zero-order chi connectivity index (χ0) is 22.0. The standard InChI is InChI=1S/C21H28N4O4S2/c26-19(24-8-3-4-9-24)12-25-10-2-1-5-18(20(25)27)23-21(30)22-17-7-6-15-13-31(28,29)14-16(15)11-17/h6-7,11,18H,1-5,8-10,12-14H2,(H2,22,23,30)/t18-/m0/s1. The van der Waals surface area contributed by atoms with E-state index in [4.69, 9.17) is 12.2 Å². The molecule has 168 valence electrons. The van der Waals surface area contributed by atoms with Gasteiger partial charge in [0.25, 0.3) is 0 Å². The summed E-state index contributed by atoms with van der Waals surface area (Å²) in [5.74, 6) is 0.0297. The Kier molecular flexibility index (Phi) is 6.47. The minimum atomic E-state index is -3.06. The zero-order valence-electron chi connectivity index (χ0n) is 17.4. The molecule has 0 unspecified atom stereocenters. The Bertz CT molecular complexity index is 989. The number of hydrogen-bond donors (Lipinski definition) is 2. The number of anilines is 1. The summed E-state index contributed by atoms with van der Waals surface area (Å²) in [7, 11) is -3.06. The van der Waals surface area contributed by atoms with E-state index in [2.05, 4.69) is 10.6 Å². The number of hydrogen-bond acceptors (Lipinski definition) is 5. The Labute approximate surface area is 188 Å². The van der Waals surface area contributed by atoms with Gasteiger partial charge < -0.3 is 20.4 Å². The molecule has 0 aliphatic carbocycles. The normalized spacial score (nSPS) is 22.7. The van der Waals surface area contributed by atoms with Crippen molar-refractivity contribution in [3.63, 3.8) is 0 Å². The number of likely N-dealkylation sites (tertiary alicyclic amines) is 2. The zero-order valence-corrected chi connectivity index (χ0v) is 19.1. The van der Waals surface area contributed by atoms with Gasteiger partial charge in [0.2, 0.25) is 11.8 Å². The lowest BCUT2D eigenvalue weighted by molar-refractivity contribution is -0.140. The summed E-state index contributed by atoms with van der Waals surface area (Å²) in [6, 6.07) is 4.91. The van der Waals surface area contributed by atoms with Gasteiger partial charge >= 0.3 is 0 Å². The Morgan fingerprint density at radius 3 is 2.55 bits per heavy atom. The molecule has 0 radical (unpaired) electrons. The summed E-state index contributed by atoms with van der Waals surface area (Å²) in [5, 5.41) is 6.48. The highest BCUT2D eigenvalue weighted by atomic mass is 32.2. The third-order valence-corrected chi connectivity index (χ3v) is 7.81. The molecule has 10 heteroatoms. The third-order valence-electron chi connectivity index (χ3n) is 6.09. The van der Waals surface area contributed by atoms with E-state index in [1.807, 2.05) is 4.90 Å². The number of amides is 2. The van der Waals surface area contributed by atoms with E-state index in [0.29, 0.717) is 23.8 Å². The minimum absolute atomic E-state index is 0.0142. The van der Waals surface area contributed by atoms with Crippen LogP contribution in [0.2, 0.25) is 0 Å². The molecule has 3 heterocycles. The van der Waals surface area contributed by atoms with Gasteiger partial charge in [0.1, 0.15) is 6.04 Å². The monoisotopic (exact) mass is 464 g/mol. The second kappa shape index (κ2) is 9.12. The van der Waals surface area contributed by atoms with Crippen molar-refractivity contribution >= 4 is 44.7 Å². The number of benzene rings is 1. The van der Waals surface area contributed by atoms with Crippen LogP contribution in [0.25, 0.3) is 0 Å². The fourth-order valence-corrected chi connectivity index (χ4v) is 6.32. The van der Waals surface area contributed by atoms with Crippen LogP contribution in [0.4, 0.5) is 5.69 Å². The van der Waals surface area contributed by atoms with E-state index in [9.17, 15) is 18.0 Å². The van der Waals surface area contributed by atoms with E-state index in [0.717, 1.165) is 49.9 Å². The summed E-state index contributed by atoms with van der Waals surface area (Å²) in [6.45, 7) is 2.25. The van der Waals surface area contributed by atoms with Gasteiger partial charge in [0.05, 0.1) is 18.1 Å². The van der Waals surface area contributed by atoms with E-state index in [-0.39, 0.29) is 29.9 Å². The van der Waals surface area contributed by atoms with Crippen molar-refractivity contribution in [1.82, 2.24) is 15.1 Å². The van der Waals surface area contributed by atoms with Crippen molar-refractivity contribution in [2.75, 3.05) is 31.5 Å². The smallest absolute Gasteiger partial charge is 0.245 e. The number of nitrogens with one attached hydrogen (secondary N) is 2. The maximum absolute atomic E-state index is 13.0. The molecule has 1 atom stereocenters. The largest absolute Gasteiger partial charge is 0.351 e. The highest BCUT2D eigenvalue weighted by molar-refractivity contribution is 7.90. The van der Waals surface area contributed by atoms with E-state index in [1.165, 1.54) is 0 Å². The molecule has 2 amide bonds. The number of carbonyl (C=O) groups is 2. The molecule has 0 saturated carbocycles. The van der Waals surface area contributed by atoms with Gasteiger partial charge in [-0.25, -0.2) is 8.42 Å². The Morgan fingerprint density at radius 2 is 1.77 bits per heavy atom. The predicted molar refractivity (Wildman–Crippen MR) is 122 cm³/mol. The maximum Gasteiger partial charge on any atom is 0.245 e. The first kappa shape index (κ1) is 22.0. The van der Waals surface area contributed by atoms with Crippen LogP contribution in [0.1, 0.15) is 43.2 Å². The van der Waals surface area contributed by atoms with Gasteiger partial charge in [-0.1, -0.05) is 6.07 Å². The molecule has 0 bridgehead atoms. The number of fused-ring (bicyclic) bond motifs is 1. The van der Waals surface area contributed by atoms with Crippen molar-refractivity contribution in [2.24, 2.45) is 0 Å². The molecule has 1 aromatic carbocycles. The van der Waals surface area contributed by atoms with Gasteiger partial charge in [-0.15, -0.1) is 0 Å². The Hall–Kier alpha value is -2.20. The summed E-state index contributed by atoms with van der Waals surface area (Å²) in [6.07, 6.45) is 4.43. The Morgan fingerprint density at radius 1 is 1.06 bits per heavy atom. The molecule has 8 nitrogen and oxygen atoms in total. The van der Waals surface area contributed by atoms with Crippen molar-refractivity contribution in [3.05, 3.63) is 29.3 Å². The first-order chi connectivity index (χ1) is 14.8. The quantitative estimate of drug-likeness (QED) is 0.650. The number of thiocarbonyl (C=S) groups is 1. The number of nitrogens with zero attached hydrogens (tertiary/aromatic N) is 2. The van der Waals surface area contributed by atoms with Crippen LogP contribution >= 0.6 is 12.2 Å². The topological polar surface area (TPSA) is 98.8 Å². The van der Waals surface area contributed by atoms with Crippen molar-refractivity contribution in [3.8, 4) is 0 Å². The first-order valence-electron chi connectivity index (χ1n) is 10.8. The van der Waals surface area contributed by atoms with Crippen molar-refractivity contribution in [1.29, 1.82) is 0 Å². The number of carbonyl (C=O) groups excluding carboxylic acids is 2. The van der Waals surface area contributed by atoms with Crippen LogP contribution in [0.15, 0.2) is 18.2 Å². The molecule has 1 aromatic rings. The molecule has 4 rings (SSSR count). The first-order valence-corrected chi connectivity index (χ1v) is 13.0. The lowest BCUT2D eigenvalue weighted by Gasteiger charge is -2.27. The average molecular weight is 465 g/mol. The number of sulfone groups is 1. The van der Waals surface area contributed by atoms with E-state index < -0.39 is 15.9 Å². The molecule has 2 saturated heterocycles. The lowest BCUT2D eigenvalue weighted by Crippen LogP contribution is -2.51. The molecule has 3 aliphatic heterocycles. The third kappa shape index (κ3) is 5.35. The molecule has 0 aromatic heterocycles. The van der Waals surface area contributed by atoms with Gasteiger partial charge in [0, 0.05) is 25.3 Å². The SMILES string of the molecule is O=C(CN1CCCC[C@H](NC(=S)Nc2ccc3c(c2)CS(=O)(=O)C3)C1=O)N1CCCC1. The summed E-state index contributed by atoms with van der Waals surface area (Å²) < 4.78 is 23.6. The van der Waals surface area contributed by atoms with Gasteiger partial charge in [-0.3, -0.25) is 9.59 Å². The summed E-state index contributed by atoms with van der Waals surface area (Å²) in [5.41, 5.74) is 2.29. The predicted octanol–water partition coefficient (Wildman–Crippen LogP) is 1.40. The molecular weight excluding hydrogens is 436 g/mol. The molecule has 0 spiro atoms. The summed E-state index contributed by atoms with van der Waals surface area (Å²) in [4.78, 5) is 29.0. The van der Waals surface area contributed by atoms with Gasteiger partial charge in [-0.05, 0) is 67.6 Å². The second-order valence-electron chi connectivity index (χ2n) is 8.51. The van der Waals surface area contributed by atoms with Crippen LogP contribution in [0, 0.1) is 0 Å². The molecule has 3 aliphatic rings. The van der Waals surface area contributed by atoms with Crippen LogP contribution < -0.4 is 10.6 Å². The fraction of sp³-hybridized carbons (Fsp3) is 0.571. The van der Waals surface area contributed by atoms with Gasteiger partial charge in [0.15, 0.2) is 14.9 Å². The van der Waals surface area contributed by atoms with Crippen LogP contribution in [0.5, 0.6) is 0 Å². The molecule has 31 heavy (non-hydrogen) atoms. The Balaban J connectivity index is 1.36. The van der Waals surface area contributed by atoms with Crippen molar-refractivity contribution in [2.45, 2.75) is 49.7 Å². The summed E-state index contributed by atoms with van der Waals surface area (Å²) >= 11 is 5.41. The van der Waals surface area contributed by atoms with Crippen LogP contribution in [-0.2, 0) is 30.9 Å². The second-order valence-corrected chi connectivity index (χ2v) is 11.0. The lowest BCUT2D eigenvalue weighted by atomic mass is 10.1. The molecular formula is C21H28N4O4S2. The fourth-order valence-electron chi connectivity index (χ4n) is 4.46. The van der Waals surface area contributed by atoms with Crippen molar-refractivity contribution < 1.29 is 18.0 Å². The average Bonchev–Trinajstić information content (AvgIpc) is 3.31.